The van der Waals surface area contributed by atoms with Gasteiger partial charge in [0.2, 0.25) is 15.9 Å². The van der Waals surface area contributed by atoms with Gasteiger partial charge in [0.25, 0.3) is 0 Å². The highest BCUT2D eigenvalue weighted by molar-refractivity contribution is 7.89. The van der Waals surface area contributed by atoms with Crippen LogP contribution in [0.25, 0.3) is 0 Å². The first kappa shape index (κ1) is 16.4. The van der Waals surface area contributed by atoms with Crippen LogP contribution in [0, 0.1) is 0 Å². The SMILES string of the molecule is CCC(=O)N1c2ccc(S(=O)(=O)N3CCOCC3)cc2C[C@@H]1C. The van der Waals surface area contributed by atoms with Crippen LogP contribution in [0.2, 0.25) is 0 Å². The summed E-state index contributed by atoms with van der Waals surface area (Å²) >= 11 is 0. The zero-order valence-electron chi connectivity index (χ0n) is 13.5. The van der Waals surface area contributed by atoms with E-state index in [0.717, 1.165) is 11.3 Å². The second-order valence-electron chi connectivity index (χ2n) is 5.98. The van der Waals surface area contributed by atoms with Gasteiger partial charge in [-0.15, -0.1) is 0 Å². The second-order valence-corrected chi connectivity index (χ2v) is 7.92. The summed E-state index contributed by atoms with van der Waals surface area (Å²) in [6, 6.07) is 5.16. The smallest absolute Gasteiger partial charge is 0.243 e. The van der Waals surface area contributed by atoms with Gasteiger partial charge < -0.3 is 9.64 Å². The number of sulfonamides is 1. The van der Waals surface area contributed by atoms with Crippen LogP contribution in [0.1, 0.15) is 25.8 Å². The van der Waals surface area contributed by atoms with E-state index in [1.807, 2.05) is 13.8 Å². The molecule has 0 aliphatic carbocycles. The normalized spacial score (nSPS) is 22.2. The summed E-state index contributed by atoms with van der Waals surface area (Å²) in [7, 11) is -3.49. The summed E-state index contributed by atoms with van der Waals surface area (Å²) in [5, 5.41) is 0. The number of benzene rings is 1. The molecule has 1 atom stereocenters. The molecule has 0 spiro atoms. The fourth-order valence-electron chi connectivity index (χ4n) is 3.25. The Bertz CT molecular complexity index is 711. The van der Waals surface area contributed by atoms with Crippen molar-refractivity contribution in [2.24, 2.45) is 0 Å². The third-order valence-corrected chi connectivity index (χ3v) is 6.34. The van der Waals surface area contributed by atoms with Gasteiger partial charge in [-0.05, 0) is 37.1 Å². The number of amides is 1. The zero-order valence-corrected chi connectivity index (χ0v) is 14.3. The van der Waals surface area contributed by atoms with Crippen molar-refractivity contribution in [1.82, 2.24) is 4.31 Å². The van der Waals surface area contributed by atoms with Crippen molar-refractivity contribution >= 4 is 21.6 Å². The summed E-state index contributed by atoms with van der Waals surface area (Å²) in [4.78, 5) is 14.2. The van der Waals surface area contributed by atoms with Gasteiger partial charge in [0.1, 0.15) is 0 Å². The average Bonchev–Trinajstić information content (AvgIpc) is 2.89. The maximum Gasteiger partial charge on any atom is 0.243 e. The Morgan fingerprint density at radius 1 is 1.30 bits per heavy atom. The van der Waals surface area contributed by atoms with E-state index in [1.165, 1.54) is 4.31 Å². The van der Waals surface area contributed by atoms with Crippen molar-refractivity contribution in [3.05, 3.63) is 23.8 Å². The van der Waals surface area contributed by atoms with E-state index in [1.54, 1.807) is 23.1 Å². The molecule has 0 unspecified atom stereocenters. The molecule has 0 saturated carbocycles. The van der Waals surface area contributed by atoms with Gasteiger partial charge in [-0.25, -0.2) is 8.42 Å². The van der Waals surface area contributed by atoms with Crippen LogP contribution in [-0.4, -0.2) is 51.0 Å². The molecular weight excluding hydrogens is 316 g/mol. The summed E-state index contributed by atoms with van der Waals surface area (Å²) in [5.74, 6) is 0.0695. The standard InChI is InChI=1S/C16H22N2O4S/c1-3-16(19)18-12(2)10-13-11-14(4-5-15(13)18)23(20,21)17-6-8-22-9-7-17/h4-5,11-12H,3,6-10H2,1-2H3/t12-/m0/s1. The van der Waals surface area contributed by atoms with Gasteiger partial charge in [-0.1, -0.05) is 6.92 Å². The van der Waals surface area contributed by atoms with Crippen LogP contribution in [0.5, 0.6) is 0 Å². The van der Waals surface area contributed by atoms with Gasteiger partial charge in [0.05, 0.1) is 18.1 Å². The highest BCUT2D eigenvalue weighted by Crippen LogP contribution is 2.35. The molecule has 6 nitrogen and oxygen atoms in total. The van der Waals surface area contributed by atoms with E-state index < -0.39 is 10.0 Å². The molecule has 23 heavy (non-hydrogen) atoms. The highest BCUT2D eigenvalue weighted by atomic mass is 32.2. The molecule has 1 aromatic rings. The van der Waals surface area contributed by atoms with Crippen LogP contribution in [-0.2, 0) is 26.0 Å². The van der Waals surface area contributed by atoms with Gasteiger partial charge >= 0.3 is 0 Å². The van der Waals surface area contributed by atoms with Crippen molar-refractivity contribution in [3.63, 3.8) is 0 Å². The van der Waals surface area contributed by atoms with Crippen molar-refractivity contribution in [2.75, 3.05) is 31.2 Å². The minimum absolute atomic E-state index is 0.0683. The van der Waals surface area contributed by atoms with E-state index in [9.17, 15) is 13.2 Å². The number of carbonyl (C=O) groups is 1. The summed E-state index contributed by atoms with van der Waals surface area (Å²) in [5.41, 5.74) is 1.76. The number of anilines is 1. The minimum atomic E-state index is -3.49. The molecule has 2 aliphatic heterocycles. The molecule has 0 radical (unpaired) electrons. The Kier molecular flexibility index (Phi) is 4.44. The molecule has 3 rings (SSSR count). The molecular formula is C16H22N2O4S. The summed E-state index contributed by atoms with van der Waals surface area (Å²) in [6.07, 6.45) is 1.13. The number of carbonyl (C=O) groups excluding carboxylic acids is 1. The van der Waals surface area contributed by atoms with Gasteiger partial charge in [0, 0.05) is 31.2 Å². The number of hydrogen-bond donors (Lipinski definition) is 0. The topological polar surface area (TPSA) is 66.9 Å². The van der Waals surface area contributed by atoms with Crippen LogP contribution in [0.3, 0.4) is 0 Å². The number of ether oxygens (including phenoxy) is 1. The van der Waals surface area contributed by atoms with E-state index in [-0.39, 0.29) is 11.9 Å². The van der Waals surface area contributed by atoms with Crippen molar-refractivity contribution < 1.29 is 17.9 Å². The molecule has 0 aromatic heterocycles. The Balaban J connectivity index is 1.93. The first-order valence-corrected chi connectivity index (χ1v) is 9.42. The number of nitrogens with zero attached hydrogens (tertiary/aromatic N) is 2. The molecule has 1 saturated heterocycles. The van der Waals surface area contributed by atoms with Crippen LogP contribution in [0.15, 0.2) is 23.1 Å². The first-order valence-electron chi connectivity index (χ1n) is 7.98. The monoisotopic (exact) mass is 338 g/mol. The Labute approximate surface area is 137 Å². The van der Waals surface area contributed by atoms with Crippen molar-refractivity contribution in [1.29, 1.82) is 0 Å². The number of hydrogen-bond acceptors (Lipinski definition) is 4. The van der Waals surface area contributed by atoms with Gasteiger partial charge in [-0.3, -0.25) is 4.79 Å². The molecule has 1 fully saturated rings. The summed E-state index contributed by atoms with van der Waals surface area (Å²) < 4.78 is 32.1. The highest BCUT2D eigenvalue weighted by Gasteiger charge is 2.32. The Hall–Kier alpha value is -1.44. The lowest BCUT2D eigenvalue weighted by atomic mass is 10.1. The van der Waals surface area contributed by atoms with Crippen LogP contribution in [0.4, 0.5) is 5.69 Å². The molecule has 2 heterocycles. The van der Waals surface area contributed by atoms with Gasteiger partial charge in [0.15, 0.2) is 0 Å². The average molecular weight is 338 g/mol. The molecule has 0 bridgehead atoms. The molecule has 1 amide bonds. The molecule has 2 aliphatic rings. The first-order chi connectivity index (χ1) is 10.9. The third kappa shape index (κ3) is 2.88. The predicted octanol–water partition coefficient (Wildman–Crippen LogP) is 1.40. The lowest BCUT2D eigenvalue weighted by molar-refractivity contribution is -0.118. The molecule has 126 valence electrons. The van der Waals surface area contributed by atoms with E-state index in [2.05, 4.69) is 0 Å². The molecule has 0 N–H and O–H groups in total. The number of morpholine rings is 1. The molecule has 1 aromatic carbocycles. The second kappa shape index (κ2) is 6.22. The fraction of sp³-hybridized carbons (Fsp3) is 0.562. The summed E-state index contributed by atoms with van der Waals surface area (Å²) in [6.45, 7) is 5.46. The van der Waals surface area contributed by atoms with Crippen LogP contribution >= 0.6 is 0 Å². The quantitative estimate of drug-likeness (QED) is 0.835. The van der Waals surface area contributed by atoms with Crippen LogP contribution < -0.4 is 4.90 Å². The Morgan fingerprint density at radius 3 is 2.65 bits per heavy atom. The Morgan fingerprint density at radius 2 is 2.00 bits per heavy atom. The van der Waals surface area contributed by atoms with Crippen molar-refractivity contribution in [2.45, 2.75) is 37.6 Å². The van der Waals surface area contributed by atoms with E-state index in [4.69, 9.17) is 4.74 Å². The largest absolute Gasteiger partial charge is 0.379 e. The third-order valence-electron chi connectivity index (χ3n) is 4.45. The predicted molar refractivity (Wildman–Crippen MR) is 87.0 cm³/mol. The van der Waals surface area contributed by atoms with Crippen molar-refractivity contribution in [3.8, 4) is 0 Å². The maximum absolute atomic E-state index is 12.7. The molecule has 7 heteroatoms. The maximum atomic E-state index is 12.7. The lowest BCUT2D eigenvalue weighted by Crippen LogP contribution is -2.40. The number of rotatable bonds is 3. The zero-order chi connectivity index (χ0) is 16.6. The van der Waals surface area contributed by atoms with E-state index in [0.29, 0.717) is 44.0 Å². The fourth-order valence-corrected chi connectivity index (χ4v) is 4.71. The minimum Gasteiger partial charge on any atom is -0.379 e. The van der Waals surface area contributed by atoms with Gasteiger partial charge in [-0.2, -0.15) is 4.31 Å². The number of fused-ring (bicyclic) bond motifs is 1. The van der Waals surface area contributed by atoms with E-state index >= 15 is 0 Å². The lowest BCUT2D eigenvalue weighted by Gasteiger charge is -2.26.